The Morgan fingerprint density at radius 2 is 1.93 bits per heavy atom. The highest BCUT2D eigenvalue weighted by atomic mass is 127. The van der Waals surface area contributed by atoms with Gasteiger partial charge in [0.2, 0.25) is 0 Å². The molecule has 2 N–H and O–H groups in total. The van der Waals surface area contributed by atoms with Crippen molar-refractivity contribution in [2.45, 2.75) is 26.4 Å². The van der Waals surface area contributed by atoms with Gasteiger partial charge in [0, 0.05) is 32.2 Å². The Kier molecular flexibility index (Phi) is 8.09. The molecule has 0 saturated carbocycles. The Bertz CT molecular complexity index is 806. The molecule has 1 amide bonds. The van der Waals surface area contributed by atoms with Crippen LogP contribution in [0.25, 0.3) is 0 Å². The van der Waals surface area contributed by atoms with E-state index in [-0.39, 0.29) is 29.9 Å². The largest absolute Gasteiger partial charge is 0.356 e. The van der Waals surface area contributed by atoms with Crippen LogP contribution in [-0.4, -0.2) is 36.9 Å². The van der Waals surface area contributed by atoms with Gasteiger partial charge in [0.25, 0.3) is 5.91 Å². The summed E-state index contributed by atoms with van der Waals surface area (Å²) < 4.78 is 0. The summed E-state index contributed by atoms with van der Waals surface area (Å²) in [5, 5.41) is 6.06. The lowest BCUT2D eigenvalue weighted by Crippen LogP contribution is -2.44. The quantitative estimate of drug-likeness (QED) is 0.403. The number of carbonyl (C=O) groups is 1. The SMILES string of the molecule is CCNC(=NCc1cccc(C(=O)NC)c1)N1CCc2ccccc2C1.I. The second-order valence-corrected chi connectivity index (χ2v) is 6.39. The average molecular weight is 478 g/mol. The lowest BCUT2D eigenvalue weighted by atomic mass is 10.0. The van der Waals surface area contributed by atoms with E-state index < -0.39 is 0 Å². The molecule has 144 valence electrons. The summed E-state index contributed by atoms with van der Waals surface area (Å²) in [5.74, 6) is 0.850. The minimum absolute atomic E-state index is 0. The normalized spacial score (nSPS) is 13.4. The first kappa shape index (κ1) is 21.2. The third-order valence-corrected chi connectivity index (χ3v) is 4.59. The van der Waals surface area contributed by atoms with Gasteiger partial charge in [-0.2, -0.15) is 0 Å². The summed E-state index contributed by atoms with van der Waals surface area (Å²) in [6.45, 7) is 5.29. The maximum Gasteiger partial charge on any atom is 0.251 e. The fraction of sp³-hybridized carbons (Fsp3) is 0.333. The van der Waals surface area contributed by atoms with Crippen molar-refractivity contribution in [1.29, 1.82) is 0 Å². The number of carbonyl (C=O) groups excluding carboxylic acids is 1. The standard InChI is InChI=1S/C21H26N4O.HI/c1-3-23-21(25-12-11-17-8-4-5-9-19(17)15-25)24-14-16-7-6-10-18(13-16)20(26)22-2;/h4-10,13H,3,11-12,14-15H2,1-2H3,(H,22,26)(H,23,24);1H. The smallest absolute Gasteiger partial charge is 0.251 e. The summed E-state index contributed by atoms with van der Waals surface area (Å²) in [5.41, 5.74) is 4.49. The molecule has 1 aliphatic heterocycles. The van der Waals surface area contributed by atoms with E-state index >= 15 is 0 Å². The molecule has 0 aromatic heterocycles. The van der Waals surface area contributed by atoms with Gasteiger partial charge < -0.3 is 15.5 Å². The Labute approximate surface area is 178 Å². The van der Waals surface area contributed by atoms with E-state index in [2.05, 4.69) is 46.7 Å². The van der Waals surface area contributed by atoms with Crippen LogP contribution in [0.15, 0.2) is 53.5 Å². The third kappa shape index (κ3) is 5.45. The van der Waals surface area contributed by atoms with Crippen LogP contribution in [0, 0.1) is 0 Å². The predicted molar refractivity (Wildman–Crippen MR) is 121 cm³/mol. The molecule has 5 nitrogen and oxygen atoms in total. The van der Waals surface area contributed by atoms with E-state index in [1.54, 1.807) is 7.05 Å². The van der Waals surface area contributed by atoms with Crippen molar-refractivity contribution < 1.29 is 4.79 Å². The summed E-state index contributed by atoms with van der Waals surface area (Å²) in [6, 6.07) is 16.2. The Hall–Kier alpha value is -2.09. The zero-order valence-electron chi connectivity index (χ0n) is 15.9. The van der Waals surface area contributed by atoms with Crippen molar-refractivity contribution in [1.82, 2.24) is 15.5 Å². The highest BCUT2D eigenvalue weighted by molar-refractivity contribution is 14.0. The average Bonchev–Trinajstić information content (AvgIpc) is 2.70. The number of fused-ring (bicyclic) bond motifs is 1. The van der Waals surface area contributed by atoms with Crippen LogP contribution >= 0.6 is 24.0 Å². The van der Waals surface area contributed by atoms with Crippen molar-refractivity contribution in [2.24, 2.45) is 4.99 Å². The first-order valence-electron chi connectivity index (χ1n) is 9.12. The van der Waals surface area contributed by atoms with Crippen LogP contribution < -0.4 is 10.6 Å². The molecule has 1 heterocycles. The molecule has 0 atom stereocenters. The highest BCUT2D eigenvalue weighted by Crippen LogP contribution is 2.18. The van der Waals surface area contributed by atoms with E-state index in [1.165, 1.54) is 11.1 Å². The van der Waals surface area contributed by atoms with Crippen LogP contribution in [0.4, 0.5) is 0 Å². The zero-order valence-corrected chi connectivity index (χ0v) is 18.2. The predicted octanol–water partition coefficient (Wildman–Crippen LogP) is 3.19. The van der Waals surface area contributed by atoms with E-state index in [0.717, 1.165) is 37.6 Å². The molecule has 2 aromatic rings. The van der Waals surface area contributed by atoms with Gasteiger partial charge in [0.05, 0.1) is 6.54 Å². The van der Waals surface area contributed by atoms with Crippen molar-refractivity contribution in [3.05, 3.63) is 70.8 Å². The Morgan fingerprint density at radius 1 is 1.15 bits per heavy atom. The molecular formula is C21H27IN4O. The fourth-order valence-corrected chi connectivity index (χ4v) is 3.22. The topological polar surface area (TPSA) is 56.7 Å². The van der Waals surface area contributed by atoms with E-state index in [4.69, 9.17) is 4.99 Å². The lowest BCUT2D eigenvalue weighted by Gasteiger charge is -2.31. The molecule has 1 aliphatic rings. The summed E-state index contributed by atoms with van der Waals surface area (Å²) in [6.07, 6.45) is 1.03. The maximum atomic E-state index is 11.8. The second kappa shape index (κ2) is 10.3. The van der Waals surface area contributed by atoms with Gasteiger partial charge >= 0.3 is 0 Å². The summed E-state index contributed by atoms with van der Waals surface area (Å²) >= 11 is 0. The second-order valence-electron chi connectivity index (χ2n) is 6.39. The number of hydrogen-bond donors (Lipinski definition) is 2. The number of benzene rings is 2. The number of hydrogen-bond acceptors (Lipinski definition) is 2. The zero-order chi connectivity index (χ0) is 18.4. The molecule has 0 saturated heterocycles. The van der Waals surface area contributed by atoms with Gasteiger partial charge in [-0.05, 0) is 42.2 Å². The Balaban J connectivity index is 0.00000261. The number of nitrogens with zero attached hydrogens (tertiary/aromatic N) is 2. The first-order chi connectivity index (χ1) is 12.7. The number of nitrogens with one attached hydrogen (secondary N) is 2. The highest BCUT2D eigenvalue weighted by Gasteiger charge is 2.18. The molecule has 0 bridgehead atoms. The van der Waals surface area contributed by atoms with Crippen LogP contribution in [0.5, 0.6) is 0 Å². The minimum Gasteiger partial charge on any atom is -0.356 e. The number of rotatable bonds is 4. The number of halogens is 1. The van der Waals surface area contributed by atoms with Gasteiger partial charge in [-0.3, -0.25) is 4.79 Å². The van der Waals surface area contributed by atoms with Crippen LogP contribution in [0.2, 0.25) is 0 Å². The molecule has 0 aliphatic carbocycles. The van der Waals surface area contributed by atoms with E-state index in [1.807, 2.05) is 24.3 Å². The molecule has 6 heteroatoms. The molecule has 0 radical (unpaired) electrons. The molecule has 3 rings (SSSR count). The fourth-order valence-electron chi connectivity index (χ4n) is 3.22. The number of aliphatic imine (C=N–C) groups is 1. The van der Waals surface area contributed by atoms with Crippen LogP contribution in [0.3, 0.4) is 0 Å². The lowest BCUT2D eigenvalue weighted by molar-refractivity contribution is 0.0963. The van der Waals surface area contributed by atoms with Crippen molar-refractivity contribution in [3.8, 4) is 0 Å². The maximum absolute atomic E-state index is 11.8. The number of amides is 1. The van der Waals surface area contributed by atoms with Gasteiger partial charge in [0.1, 0.15) is 0 Å². The third-order valence-electron chi connectivity index (χ3n) is 4.59. The van der Waals surface area contributed by atoms with Gasteiger partial charge in [-0.1, -0.05) is 36.4 Å². The molecular weight excluding hydrogens is 451 g/mol. The molecule has 0 fully saturated rings. The van der Waals surface area contributed by atoms with Crippen LogP contribution in [-0.2, 0) is 19.5 Å². The van der Waals surface area contributed by atoms with E-state index in [0.29, 0.717) is 12.1 Å². The van der Waals surface area contributed by atoms with Crippen LogP contribution in [0.1, 0.15) is 34.0 Å². The minimum atomic E-state index is -0.0737. The van der Waals surface area contributed by atoms with Gasteiger partial charge in [-0.15, -0.1) is 24.0 Å². The molecule has 27 heavy (non-hydrogen) atoms. The van der Waals surface area contributed by atoms with Crippen molar-refractivity contribution >= 4 is 35.8 Å². The Morgan fingerprint density at radius 3 is 2.67 bits per heavy atom. The summed E-state index contributed by atoms with van der Waals surface area (Å²) in [7, 11) is 1.64. The van der Waals surface area contributed by atoms with Gasteiger partial charge in [0.15, 0.2) is 5.96 Å². The summed E-state index contributed by atoms with van der Waals surface area (Å²) in [4.78, 5) is 18.9. The van der Waals surface area contributed by atoms with E-state index in [9.17, 15) is 4.79 Å². The molecule has 2 aromatic carbocycles. The van der Waals surface area contributed by atoms with Crippen molar-refractivity contribution in [2.75, 3.05) is 20.1 Å². The monoisotopic (exact) mass is 478 g/mol. The molecule has 0 unspecified atom stereocenters. The van der Waals surface area contributed by atoms with Crippen molar-refractivity contribution in [3.63, 3.8) is 0 Å². The van der Waals surface area contributed by atoms with Gasteiger partial charge in [-0.25, -0.2) is 4.99 Å². The molecule has 0 spiro atoms. The first-order valence-corrected chi connectivity index (χ1v) is 9.12. The number of guanidine groups is 1.